The SMILES string of the molecule is Brc1ccc2sc3c4cc5sc6ccccc6c5cc4ccc3c2c1. The summed E-state index contributed by atoms with van der Waals surface area (Å²) in [6, 6.07) is 24.6. The smallest absolute Gasteiger partial charge is 0.0434 e. The second-order valence-corrected chi connectivity index (χ2v) is 9.40. The second-order valence-electron chi connectivity index (χ2n) is 6.35. The van der Waals surface area contributed by atoms with Gasteiger partial charge in [-0.2, -0.15) is 0 Å². The molecule has 0 radical (unpaired) electrons. The van der Waals surface area contributed by atoms with Crippen LogP contribution in [0.4, 0.5) is 0 Å². The number of rotatable bonds is 0. The molecule has 0 unspecified atom stereocenters. The fourth-order valence-electron chi connectivity index (χ4n) is 3.75. The lowest BCUT2D eigenvalue weighted by Gasteiger charge is -2.01. The quantitative estimate of drug-likeness (QED) is 0.232. The Bertz CT molecular complexity index is 1450. The number of hydrogen-bond acceptors (Lipinski definition) is 2. The summed E-state index contributed by atoms with van der Waals surface area (Å²) in [7, 11) is 0. The third-order valence-corrected chi connectivity index (χ3v) is 7.76. The van der Waals surface area contributed by atoms with E-state index in [4.69, 9.17) is 0 Å². The minimum Gasteiger partial charge on any atom is -0.135 e. The Morgan fingerprint density at radius 3 is 2.36 bits per heavy atom. The van der Waals surface area contributed by atoms with E-state index in [1.165, 1.54) is 51.1 Å². The van der Waals surface area contributed by atoms with E-state index in [1.54, 1.807) is 0 Å². The molecule has 0 spiro atoms. The highest BCUT2D eigenvalue weighted by Gasteiger charge is 2.11. The van der Waals surface area contributed by atoms with Crippen molar-refractivity contribution in [2.45, 2.75) is 0 Å². The third kappa shape index (κ3) is 1.97. The van der Waals surface area contributed by atoms with Crippen LogP contribution >= 0.6 is 38.6 Å². The monoisotopic (exact) mass is 418 g/mol. The Kier molecular flexibility index (Phi) is 2.87. The predicted octanol–water partition coefficient (Wildman–Crippen LogP) is 8.34. The molecule has 3 heteroatoms. The highest BCUT2D eigenvalue weighted by molar-refractivity contribution is 9.10. The van der Waals surface area contributed by atoms with Crippen molar-refractivity contribution in [3.8, 4) is 0 Å². The average Bonchev–Trinajstić information content (AvgIpc) is 3.17. The van der Waals surface area contributed by atoms with Crippen LogP contribution in [0, 0.1) is 0 Å². The molecule has 0 nitrogen and oxygen atoms in total. The molecular formula is C22H11BrS2. The Labute approximate surface area is 160 Å². The normalized spacial score (nSPS) is 12.2. The van der Waals surface area contributed by atoms with E-state index in [2.05, 4.69) is 82.7 Å². The highest BCUT2D eigenvalue weighted by Crippen LogP contribution is 2.42. The summed E-state index contributed by atoms with van der Waals surface area (Å²) in [6.45, 7) is 0. The summed E-state index contributed by atoms with van der Waals surface area (Å²) in [5.41, 5.74) is 0. The van der Waals surface area contributed by atoms with Gasteiger partial charge in [0.05, 0.1) is 0 Å². The van der Waals surface area contributed by atoms with Crippen LogP contribution in [-0.2, 0) is 0 Å². The molecule has 0 atom stereocenters. The number of halogens is 1. The van der Waals surface area contributed by atoms with E-state index < -0.39 is 0 Å². The Morgan fingerprint density at radius 1 is 0.560 bits per heavy atom. The van der Waals surface area contributed by atoms with Crippen molar-refractivity contribution in [1.82, 2.24) is 0 Å². The lowest BCUT2D eigenvalue weighted by atomic mass is 10.0. The zero-order chi connectivity index (χ0) is 16.5. The van der Waals surface area contributed by atoms with Crippen LogP contribution in [0.2, 0.25) is 0 Å². The highest BCUT2D eigenvalue weighted by atomic mass is 79.9. The minimum absolute atomic E-state index is 1.14. The molecule has 0 saturated carbocycles. The van der Waals surface area contributed by atoms with Gasteiger partial charge in [-0.3, -0.25) is 0 Å². The average molecular weight is 419 g/mol. The van der Waals surface area contributed by atoms with E-state index in [0.29, 0.717) is 0 Å². The van der Waals surface area contributed by atoms with Gasteiger partial charge in [-0.15, -0.1) is 22.7 Å². The van der Waals surface area contributed by atoms with E-state index in [9.17, 15) is 0 Å². The van der Waals surface area contributed by atoms with Crippen LogP contribution in [0.25, 0.3) is 51.1 Å². The third-order valence-electron chi connectivity index (χ3n) is 4.91. The lowest BCUT2D eigenvalue weighted by molar-refractivity contribution is 1.77. The van der Waals surface area contributed by atoms with Gasteiger partial charge in [0.15, 0.2) is 0 Å². The molecule has 4 aromatic carbocycles. The molecule has 6 rings (SSSR count). The molecule has 0 bridgehead atoms. The van der Waals surface area contributed by atoms with Crippen molar-refractivity contribution >= 4 is 89.7 Å². The van der Waals surface area contributed by atoms with E-state index >= 15 is 0 Å². The maximum atomic E-state index is 3.61. The van der Waals surface area contributed by atoms with Gasteiger partial charge in [-0.25, -0.2) is 0 Å². The Morgan fingerprint density at radius 2 is 1.40 bits per heavy atom. The van der Waals surface area contributed by atoms with Crippen LogP contribution in [0.5, 0.6) is 0 Å². The van der Waals surface area contributed by atoms with Crippen LogP contribution in [0.1, 0.15) is 0 Å². The zero-order valence-electron chi connectivity index (χ0n) is 13.0. The summed E-state index contributed by atoms with van der Waals surface area (Å²) < 4.78 is 6.62. The maximum Gasteiger partial charge on any atom is 0.0434 e. The summed E-state index contributed by atoms with van der Waals surface area (Å²) in [5, 5.41) is 8.13. The van der Waals surface area contributed by atoms with Gasteiger partial charge in [-0.05, 0) is 41.8 Å². The summed E-state index contributed by atoms with van der Waals surface area (Å²) in [5.74, 6) is 0. The first-order valence-corrected chi connectivity index (χ1v) is 10.6. The number of hydrogen-bond donors (Lipinski definition) is 0. The minimum atomic E-state index is 1.14. The standard InChI is InChI=1S/C22H11BrS2/c23-13-6-8-20-18(10-13)15-7-5-12-9-17-14-3-1-2-4-19(14)24-21(17)11-16(12)22(15)25-20/h1-11H. The number of fused-ring (bicyclic) bond motifs is 8. The van der Waals surface area contributed by atoms with E-state index in [1.807, 2.05) is 22.7 Å². The van der Waals surface area contributed by atoms with Crippen molar-refractivity contribution in [2.24, 2.45) is 0 Å². The molecule has 0 aliphatic heterocycles. The molecule has 2 heterocycles. The molecule has 0 saturated heterocycles. The van der Waals surface area contributed by atoms with Gasteiger partial charge in [0.2, 0.25) is 0 Å². The van der Waals surface area contributed by atoms with Gasteiger partial charge >= 0.3 is 0 Å². The molecule has 0 N–H and O–H groups in total. The van der Waals surface area contributed by atoms with E-state index in [-0.39, 0.29) is 0 Å². The van der Waals surface area contributed by atoms with Crippen molar-refractivity contribution in [3.05, 3.63) is 71.2 Å². The molecule has 2 aromatic heterocycles. The van der Waals surface area contributed by atoms with Crippen molar-refractivity contribution in [3.63, 3.8) is 0 Å². The number of thiophene rings is 2. The Balaban J connectivity index is 1.82. The van der Waals surface area contributed by atoms with Gasteiger partial charge in [0.1, 0.15) is 0 Å². The van der Waals surface area contributed by atoms with Gasteiger partial charge in [0.25, 0.3) is 0 Å². The van der Waals surface area contributed by atoms with Crippen molar-refractivity contribution < 1.29 is 0 Å². The molecular weight excluding hydrogens is 408 g/mol. The topological polar surface area (TPSA) is 0 Å². The molecule has 0 aliphatic rings. The summed E-state index contributed by atoms with van der Waals surface area (Å²) in [4.78, 5) is 0. The fraction of sp³-hybridized carbons (Fsp3) is 0. The summed E-state index contributed by atoms with van der Waals surface area (Å²) in [6.07, 6.45) is 0. The first kappa shape index (κ1) is 14.3. The van der Waals surface area contributed by atoms with Crippen LogP contribution in [0.3, 0.4) is 0 Å². The molecule has 6 aromatic rings. The van der Waals surface area contributed by atoms with Gasteiger partial charge in [-0.1, -0.05) is 46.3 Å². The Hall–Kier alpha value is -1.94. The lowest BCUT2D eigenvalue weighted by Crippen LogP contribution is -1.74. The molecule has 0 fully saturated rings. The first-order chi connectivity index (χ1) is 12.3. The van der Waals surface area contributed by atoms with Gasteiger partial charge in [0, 0.05) is 50.2 Å². The van der Waals surface area contributed by atoms with Gasteiger partial charge < -0.3 is 0 Å². The van der Waals surface area contributed by atoms with Crippen LogP contribution < -0.4 is 0 Å². The number of benzene rings is 4. The maximum absolute atomic E-state index is 3.61. The fourth-order valence-corrected chi connectivity index (χ4v) is 6.45. The van der Waals surface area contributed by atoms with Crippen molar-refractivity contribution in [1.29, 1.82) is 0 Å². The molecule has 25 heavy (non-hydrogen) atoms. The zero-order valence-corrected chi connectivity index (χ0v) is 16.3. The van der Waals surface area contributed by atoms with Crippen molar-refractivity contribution in [2.75, 3.05) is 0 Å². The summed E-state index contributed by atoms with van der Waals surface area (Å²) >= 11 is 7.40. The van der Waals surface area contributed by atoms with Crippen LogP contribution in [0.15, 0.2) is 71.2 Å². The molecule has 0 amide bonds. The second kappa shape index (κ2) is 5.04. The molecule has 118 valence electrons. The van der Waals surface area contributed by atoms with E-state index in [0.717, 1.165) is 4.47 Å². The van der Waals surface area contributed by atoms with Crippen LogP contribution in [-0.4, -0.2) is 0 Å². The largest absolute Gasteiger partial charge is 0.135 e. The first-order valence-electron chi connectivity index (χ1n) is 8.14. The predicted molar refractivity (Wildman–Crippen MR) is 117 cm³/mol. The molecule has 0 aliphatic carbocycles.